The van der Waals surface area contributed by atoms with Crippen molar-refractivity contribution in [3.05, 3.63) is 124 Å². The number of carbonyl (C=O) groups excluding carboxylic acids is 3. The van der Waals surface area contributed by atoms with E-state index < -0.39 is 17.8 Å². The van der Waals surface area contributed by atoms with Crippen molar-refractivity contribution < 1.29 is 33.0 Å². The van der Waals surface area contributed by atoms with E-state index in [-0.39, 0.29) is 23.7 Å². The number of nitrogens with zero attached hydrogens (tertiary/aromatic N) is 1. The van der Waals surface area contributed by atoms with E-state index in [2.05, 4.69) is 21.2 Å². The van der Waals surface area contributed by atoms with E-state index in [0.717, 1.165) is 20.5 Å². The van der Waals surface area contributed by atoms with Crippen LogP contribution in [0.4, 0.5) is 14.9 Å². The average Bonchev–Trinajstić information content (AvgIpc) is 3.00. The number of amides is 4. The van der Waals surface area contributed by atoms with Crippen molar-refractivity contribution in [1.29, 1.82) is 0 Å². The van der Waals surface area contributed by atoms with E-state index in [1.54, 1.807) is 54.6 Å². The van der Waals surface area contributed by atoms with Crippen molar-refractivity contribution in [3.63, 3.8) is 0 Å². The van der Waals surface area contributed by atoms with Crippen molar-refractivity contribution in [2.45, 2.75) is 20.1 Å². The standard InChI is InChI=1S/C33H26BrFN2O6/c1-2-41-30-18-23(7-16-29(30)43-20-22-5-10-25(35)11-6-22)17-28-31(38)36-33(40)37(32(28)39)26-12-14-27(15-13-26)42-19-21-3-8-24(34)9-4-21/h3-18H,2,19-20H2,1H3,(H,36,38,40)/b28-17+. The van der Waals surface area contributed by atoms with Crippen LogP contribution >= 0.6 is 15.9 Å². The van der Waals surface area contributed by atoms with Crippen molar-refractivity contribution >= 4 is 45.5 Å². The van der Waals surface area contributed by atoms with Crippen LogP contribution < -0.4 is 24.4 Å². The zero-order chi connectivity index (χ0) is 30.3. The number of anilines is 1. The first-order valence-electron chi connectivity index (χ1n) is 13.3. The van der Waals surface area contributed by atoms with E-state index in [4.69, 9.17) is 14.2 Å². The highest BCUT2D eigenvalue weighted by molar-refractivity contribution is 9.10. The van der Waals surface area contributed by atoms with Gasteiger partial charge in [-0.3, -0.25) is 14.9 Å². The molecule has 0 unspecified atom stereocenters. The van der Waals surface area contributed by atoms with E-state index in [0.29, 0.717) is 36.0 Å². The number of urea groups is 1. The van der Waals surface area contributed by atoms with Gasteiger partial charge in [-0.15, -0.1) is 0 Å². The summed E-state index contributed by atoms with van der Waals surface area (Å²) in [5, 5.41) is 2.23. The molecule has 8 nitrogen and oxygen atoms in total. The number of hydrogen-bond acceptors (Lipinski definition) is 6. The summed E-state index contributed by atoms with van der Waals surface area (Å²) in [5.41, 5.74) is 2.29. The minimum Gasteiger partial charge on any atom is -0.490 e. The molecule has 4 aromatic rings. The van der Waals surface area contributed by atoms with Crippen LogP contribution in [-0.2, 0) is 22.8 Å². The van der Waals surface area contributed by atoms with Crippen LogP contribution in [0.3, 0.4) is 0 Å². The molecular formula is C33H26BrFN2O6. The summed E-state index contributed by atoms with van der Waals surface area (Å²) in [6, 6.07) is 24.2. The molecule has 0 saturated carbocycles. The number of nitrogens with one attached hydrogen (secondary N) is 1. The Bertz CT molecular complexity index is 1670. The normalized spacial score (nSPS) is 14.1. The maximum absolute atomic E-state index is 13.4. The highest BCUT2D eigenvalue weighted by atomic mass is 79.9. The topological polar surface area (TPSA) is 94.2 Å². The molecule has 4 amide bonds. The second kappa shape index (κ2) is 13.3. The minimum atomic E-state index is -0.852. The third-order valence-electron chi connectivity index (χ3n) is 6.40. The summed E-state index contributed by atoms with van der Waals surface area (Å²) in [5.74, 6) is -0.534. The number of barbiturate groups is 1. The van der Waals surface area contributed by atoms with Gasteiger partial charge in [0.2, 0.25) is 0 Å². The summed E-state index contributed by atoms with van der Waals surface area (Å²) in [6.07, 6.45) is 1.39. The van der Waals surface area contributed by atoms with Gasteiger partial charge in [0.15, 0.2) is 11.5 Å². The molecule has 10 heteroatoms. The van der Waals surface area contributed by atoms with E-state index in [1.807, 2.05) is 31.2 Å². The van der Waals surface area contributed by atoms with Gasteiger partial charge >= 0.3 is 6.03 Å². The molecule has 43 heavy (non-hydrogen) atoms. The van der Waals surface area contributed by atoms with Crippen molar-refractivity contribution in [2.24, 2.45) is 0 Å². The number of carbonyl (C=O) groups is 3. The fourth-order valence-corrected chi connectivity index (χ4v) is 4.51. The first kappa shape index (κ1) is 29.5. The third kappa shape index (κ3) is 7.28. The zero-order valence-electron chi connectivity index (χ0n) is 23.0. The quantitative estimate of drug-likeness (QED) is 0.151. The molecule has 1 aliphatic rings. The maximum Gasteiger partial charge on any atom is 0.335 e. The van der Waals surface area contributed by atoms with E-state index in [9.17, 15) is 18.8 Å². The molecule has 1 N–H and O–H groups in total. The van der Waals surface area contributed by atoms with Gasteiger partial charge in [0.25, 0.3) is 11.8 Å². The van der Waals surface area contributed by atoms with Crippen LogP contribution in [0.5, 0.6) is 17.2 Å². The fourth-order valence-electron chi connectivity index (χ4n) is 4.24. The van der Waals surface area contributed by atoms with Gasteiger partial charge < -0.3 is 14.2 Å². The van der Waals surface area contributed by atoms with Crippen LogP contribution in [0.25, 0.3) is 6.08 Å². The average molecular weight is 645 g/mol. The highest BCUT2D eigenvalue weighted by Crippen LogP contribution is 2.31. The minimum absolute atomic E-state index is 0.187. The van der Waals surface area contributed by atoms with Crippen molar-refractivity contribution in [2.75, 3.05) is 11.5 Å². The SMILES string of the molecule is CCOc1cc(/C=C2\C(=O)NC(=O)N(c3ccc(OCc4ccc(Br)cc4)cc3)C2=O)ccc1OCc1ccc(F)cc1. The molecule has 0 atom stereocenters. The molecule has 0 spiro atoms. The highest BCUT2D eigenvalue weighted by Gasteiger charge is 2.36. The Balaban J connectivity index is 1.32. The first-order chi connectivity index (χ1) is 20.8. The van der Waals surface area contributed by atoms with Gasteiger partial charge in [0.1, 0.15) is 30.4 Å². The van der Waals surface area contributed by atoms with E-state index in [1.165, 1.54) is 18.2 Å². The maximum atomic E-state index is 13.4. The lowest BCUT2D eigenvalue weighted by Crippen LogP contribution is -2.54. The van der Waals surface area contributed by atoms with Crippen LogP contribution in [0.1, 0.15) is 23.6 Å². The molecule has 1 saturated heterocycles. The molecular weight excluding hydrogens is 619 g/mol. The van der Waals surface area contributed by atoms with Gasteiger partial charge in [0, 0.05) is 4.47 Å². The molecule has 1 heterocycles. The largest absolute Gasteiger partial charge is 0.490 e. The number of ether oxygens (including phenoxy) is 3. The third-order valence-corrected chi connectivity index (χ3v) is 6.93. The lowest BCUT2D eigenvalue weighted by atomic mass is 10.1. The molecule has 0 radical (unpaired) electrons. The monoisotopic (exact) mass is 644 g/mol. The zero-order valence-corrected chi connectivity index (χ0v) is 24.6. The number of benzene rings is 4. The van der Waals surface area contributed by atoms with Crippen molar-refractivity contribution in [1.82, 2.24) is 5.32 Å². The molecule has 1 fully saturated rings. The Labute approximate surface area is 255 Å². The molecule has 0 aliphatic carbocycles. The Morgan fingerprint density at radius 2 is 1.44 bits per heavy atom. The van der Waals surface area contributed by atoms with Gasteiger partial charge in [-0.1, -0.05) is 46.3 Å². The summed E-state index contributed by atoms with van der Waals surface area (Å²) < 4.78 is 31.6. The molecule has 0 aromatic heterocycles. The predicted molar refractivity (Wildman–Crippen MR) is 162 cm³/mol. The van der Waals surface area contributed by atoms with Crippen LogP contribution in [0, 0.1) is 5.82 Å². The molecule has 5 rings (SSSR count). The lowest BCUT2D eigenvalue weighted by Gasteiger charge is -2.26. The second-order valence-corrected chi connectivity index (χ2v) is 10.3. The molecule has 218 valence electrons. The van der Waals surface area contributed by atoms with Crippen LogP contribution in [0.2, 0.25) is 0 Å². The predicted octanol–water partition coefficient (Wildman–Crippen LogP) is 6.81. The molecule has 1 aliphatic heterocycles. The summed E-state index contributed by atoms with van der Waals surface area (Å²) in [7, 11) is 0. The van der Waals surface area contributed by atoms with Gasteiger partial charge in [0.05, 0.1) is 12.3 Å². The molecule has 4 aromatic carbocycles. The smallest absolute Gasteiger partial charge is 0.335 e. The number of hydrogen-bond donors (Lipinski definition) is 1. The first-order valence-corrected chi connectivity index (χ1v) is 14.1. The van der Waals surface area contributed by atoms with Crippen LogP contribution in [0.15, 0.2) is 101 Å². The lowest BCUT2D eigenvalue weighted by molar-refractivity contribution is -0.122. The Morgan fingerprint density at radius 3 is 2.12 bits per heavy atom. The number of halogens is 2. The Hall–Kier alpha value is -4.96. The summed E-state index contributed by atoms with van der Waals surface area (Å²) in [6.45, 7) is 2.69. The van der Waals surface area contributed by atoms with Gasteiger partial charge in [-0.25, -0.2) is 14.1 Å². The van der Waals surface area contributed by atoms with Gasteiger partial charge in [-0.2, -0.15) is 0 Å². The van der Waals surface area contributed by atoms with Crippen molar-refractivity contribution in [3.8, 4) is 17.2 Å². The Morgan fingerprint density at radius 1 is 0.791 bits per heavy atom. The van der Waals surface area contributed by atoms with Gasteiger partial charge in [-0.05, 0) is 90.4 Å². The van der Waals surface area contributed by atoms with E-state index >= 15 is 0 Å². The Kier molecular flexibility index (Phi) is 9.17. The second-order valence-electron chi connectivity index (χ2n) is 9.42. The number of imide groups is 2. The fraction of sp³-hybridized carbons (Fsp3) is 0.121. The van der Waals surface area contributed by atoms with Crippen LogP contribution in [-0.4, -0.2) is 24.5 Å². The summed E-state index contributed by atoms with van der Waals surface area (Å²) in [4.78, 5) is 39.7. The summed E-state index contributed by atoms with van der Waals surface area (Å²) >= 11 is 3.40. The number of rotatable bonds is 10. The molecule has 0 bridgehead atoms.